The van der Waals surface area contributed by atoms with Crippen molar-refractivity contribution in [3.05, 3.63) is 54.4 Å². The standard InChI is InChI=1S/C33H38FN9O4/c1-21(14-30(36)44)32(45)43-9-8-29(27(34)17-43)47-28-7-2-22(15-23(28)16-35)31-37-20-38-33(40-31)39-24-3-5-25(6-4-24)41-10-12-42(13-11-41)26-18-46-19-26/h2-7,15,20-21,26-27,29H,8-14,17-19H2,1H3,(H2,36,44)(H,37,38,39,40)/t21-,27+,29-/m0/s1. The topological polar surface area (TPSA) is 163 Å². The SMILES string of the molecule is C[C@@H](CC(N)=O)C(=O)N1CC[C@H](Oc2ccc(-c3ncnc(Nc4ccc(N5CCN(C6COC6)CC5)cc4)n3)cc2C#N)[C@H](F)C1. The number of anilines is 3. The van der Waals surface area contributed by atoms with Gasteiger partial charge in [-0.2, -0.15) is 10.2 Å². The maximum atomic E-state index is 15.1. The number of rotatable bonds is 10. The number of primary amides is 1. The zero-order chi connectivity index (χ0) is 32.9. The lowest BCUT2D eigenvalue weighted by Gasteiger charge is -2.43. The first-order valence-corrected chi connectivity index (χ1v) is 15.8. The van der Waals surface area contributed by atoms with E-state index in [1.54, 1.807) is 25.1 Å². The summed E-state index contributed by atoms with van der Waals surface area (Å²) in [6, 6.07) is 15.7. The molecule has 0 bridgehead atoms. The van der Waals surface area contributed by atoms with Crippen molar-refractivity contribution in [3.63, 3.8) is 0 Å². The highest BCUT2D eigenvalue weighted by Crippen LogP contribution is 2.29. The fourth-order valence-corrected chi connectivity index (χ4v) is 6.10. The largest absolute Gasteiger partial charge is 0.486 e. The number of amides is 2. The monoisotopic (exact) mass is 643 g/mol. The molecular weight excluding hydrogens is 605 g/mol. The van der Waals surface area contributed by atoms with Crippen LogP contribution in [0.4, 0.5) is 21.7 Å². The van der Waals surface area contributed by atoms with Crippen LogP contribution in [0.1, 0.15) is 25.3 Å². The van der Waals surface area contributed by atoms with E-state index in [2.05, 4.69) is 48.3 Å². The number of piperazine rings is 1. The summed E-state index contributed by atoms with van der Waals surface area (Å²) in [6.45, 7) is 7.39. The Morgan fingerprint density at radius 3 is 2.55 bits per heavy atom. The summed E-state index contributed by atoms with van der Waals surface area (Å²) in [5.41, 5.74) is 7.97. The van der Waals surface area contributed by atoms with Gasteiger partial charge in [-0.25, -0.2) is 14.4 Å². The Hall–Kier alpha value is -4.87. The molecule has 13 nitrogen and oxygen atoms in total. The van der Waals surface area contributed by atoms with Gasteiger partial charge in [-0.15, -0.1) is 0 Å². The van der Waals surface area contributed by atoms with Crippen LogP contribution in [0.25, 0.3) is 11.4 Å². The molecule has 2 aromatic carbocycles. The van der Waals surface area contributed by atoms with E-state index in [1.165, 1.54) is 11.2 Å². The maximum absolute atomic E-state index is 15.1. The number of piperidine rings is 1. The number of ether oxygens (including phenoxy) is 2. The molecule has 0 aliphatic carbocycles. The van der Waals surface area contributed by atoms with E-state index in [9.17, 15) is 14.9 Å². The molecule has 3 atom stereocenters. The summed E-state index contributed by atoms with van der Waals surface area (Å²) in [4.78, 5) is 43.1. The van der Waals surface area contributed by atoms with Crippen LogP contribution in [-0.2, 0) is 14.3 Å². The van der Waals surface area contributed by atoms with Crippen molar-refractivity contribution in [1.29, 1.82) is 5.26 Å². The molecule has 6 rings (SSSR count). The Balaban J connectivity index is 1.05. The molecule has 0 radical (unpaired) electrons. The number of nitrogens with one attached hydrogen (secondary N) is 1. The van der Waals surface area contributed by atoms with Gasteiger partial charge in [0.15, 0.2) is 12.0 Å². The van der Waals surface area contributed by atoms with Gasteiger partial charge in [0.05, 0.1) is 31.4 Å². The predicted octanol–water partition coefficient (Wildman–Crippen LogP) is 2.50. The van der Waals surface area contributed by atoms with Crippen molar-refractivity contribution in [3.8, 4) is 23.2 Å². The van der Waals surface area contributed by atoms with E-state index in [0.717, 1.165) is 50.8 Å². The number of halogens is 1. The lowest BCUT2D eigenvalue weighted by Crippen LogP contribution is -2.56. The number of carbonyl (C=O) groups is 2. The van der Waals surface area contributed by atoms with Gasteiger partial charge in [-0.1, -0.05) is 6.92 Å². The molecule has 3 N–H and O–H groups in total. The summed E-state index contributed by atoms with van der Waals surface area (Å²) in [5.74, 6) is -0.576. The van der Waals surface area contributed by atoms with Crippen LogP contribution in [0.5, 0.6) is 5.75 Å². The average Bonchev–Trinajstić information content (AvgIpc) is 3.05. The van der Waals surface area contributed by atoms with Crippen molar-refractivity contribution in [2.45, 2.75) is 38.1 Å². The fraction of sp³-hybridized carbons (Fsp3) is 0.455. The smallest absolute Gasteiger partial charge is 0.230 e. The lowest BCUT2D eigenvalue weighted by molar-refractivity contribution is -0.140. The average molecular weight is 644 g/mol. The molecule has 3 fully saturated rings. The summed E-state index contributed by atoms with van der Waals surface area (Å²) < 4.78 is 26.4. The predicted molar refractivity (Wildman–Crippen MR) is 172 cm³/mol. The van der Waals surface area contributed by atoms with Crippen molar-refractivity contribution in [2.75, 3.05) is 62.7 Å². The molecule has 246 valence electrons. The highest BCUT2D eigenvalue weighted by Gasteiger charge is 2.35. The van der Waals surface area contributed by atoms with Crippen LogP contribution in [0.2, 0.25) is 0 Å². The number of hydrogen-bond donors (Lipinski definition) is 2. The first-order chi connectivity index (χ1) is 22.8. The van der Waals surface area contributed by atoms with Gasteiger partial charge in [-0.05, 0) is 42.5 Å². The third-order valence-corrected chi connectivity index (χ3v) is 8.87. The molecule has 0 saturated carbocycles. The number of carbonyl (C=O) groups excluding carboxylic acids is 2. The van der Waals surface area contributed by atoms with Crippen LogP contribution in [0.3, 0.4) is 0 Å². The Morgan fingerprint density at radius 2 is 1.89 bits per heavy atom. The first-order valence-electron chi connectivity index (χ1n) is 15.8. The number of aromatic nitrogens is 3. The van der Waals surface area contributed by atoms with E-state index in [4.69, 9.17) is 15.2 Å². The van der Waals surface area contributed by atoms with Crippen molar-refractivity contribution in [1.82, 2.24) is 24.8 Å². The minimum absolute atomic E-state index is 0.0918. The molecule has 47 heavy (non-hydrogen) atoms. The highest BCUT2D eigenvalue weighted by molar-refractivity contribution is 5.85. The van der Waals surface area contributed by atoms with Gasteiger partial charge in [-0.3, -0.25) is 14.5 Å². The summed E-state index contributed by atoms with van der Waals surface area (Å²) in [5, 5.41) is 13.1. The van der Waals surface area contributed by atoms with Crippen LogP contribution in [0.15, 0.2) is 48.8 Å². The second-order valence-electron chi connectivity index (χ2n) is 12.2. The van der Waals surface area contributed by atoms with E-state index in [1.807, 2.05) is 12.1 Å². The van der Waals surface area contributed by atoms with E-state index >= 15 is 4.39 Å². The third kappa shape index (κ3) is 7.58. The molecule has 3 saturated heterocycles. The third-order valence-electron chi connectivity index (χ3n) is 8.87. The Morgan fingerprint density at radius 1 is 1.13 bits per heavy atom. The molecule has 3 aromatic rings. The molecule has 3 aliphatic rings. The van der Waals surface area contributed by atoms with Gasteiger partial charge in [0.1, 0.15) is 24.3 Å². The second-order valence-corrected chi connectivity index (χ2v) is 12.2. The number of nitrogens with zero attached hydrogens (tertiary/aromatic N) is 7. The molecule has 0 spiro atoms. The zero-order valence-corrected chi connectivity index (χ0v) is 26.2. The van der Waals surface area contributed by atoms with Crippen molar-refractivity contribution in [2.24, 2.45) is 11.7 Å². The summed E-state index contributed by atoms with van der Waals surface area (Å²) >= 11 is 0. The number of alkyl halides is 1. The molecule has 14 heteroatoms. The lowest BCUT2D eigenvalue weighted by atomic mass is 10.0. The number of nitriles is 1. The van der Waals surface area contributed by atoms with Crippen LogP contribution in [0, 0.1) is 17.2 Å². The van der Waals surface area contributed by atoms with E-state index < -0.39 is 24.1 Å². The van der Waals surface area contributed by atoms with Gasteiger partial charge in [0.25, 0.3) is 0 Å². The zero-order valence-electron chi connectivity index (χ0n) is 26.2. The number of benzene rings is 2. The number of nitrogens with two attached hydrogens (primary N) is 1. The highest BCUT2D eigenvalue weighted by atomic mass is 19.1. The van der Waals surface area contributed by atoms with Crippen LogP contribution >= 0.6 is 0 Å². The molecule has 3 aliphatic heterocycles. The molecule has 0 unspecified atom stereocenters. The number of hydrogen-bond acceptors (Lipinski definition) is 11. The second kappa shape index (κ2) is 14.3. The van der Waals surface area contributed by atoms with E-state index in [0.29, 0.717) is 23.4 Å². The van der Waals surface area contributed by atoms with Gasteiger partial charge < -0.3 is 30.3 Å². The van der Waals surface area contributed by atoms with Crippen molar-refractivity contribution < 1.29 is 23.5 Å². The fourth-order valence-electron chi connectivity index (χ4n) is 6.10. The molecular formula is C33H38FN9O4. The van der Waals surface area contributed by atoms with Gasteiger partial charge in [0, 0.05) is 68.4 Å². The Bertz CT molecular complexity index is 1620. The number of likely N-dealkylation sites (tertiary alicyclic amines) is 1. The summed E-state index contributed by atoms with van der Waals surface area (Å²) in [7, 11) is 0. The maximum Gasteiger partial charge on any atom is 0.230 e. The Labute approximate surface area is 272 Å². The van der Waals surface area contributed by atoms with Gasteiger partial charge >= 0.3 is 0 Å². The van der Waals surface area contributed by atoms with Crippen LogP contribution in [-0.4, -0.2) is 107 Å². The Kier molecular flexibility index (Phi) is 9.74. The van der Waals surface area contributed by atoms with Crippen molar-refractivity contribution >= 4 is 29.1 Å². The van der Waals surface area contributed by atoms with Gasteiger partial charge in [0.2, 0.25) is 17.8 Å². The normalized spacial score (nSPS) is 21.0. The summed E-state index contributed by atoms with van der Waals surface area (Å²) in [6.07, 6.45) is -0.765. The molecule has 1 aromatic heterocycles. The minimum Gasteiger partial charge on any atom is -0.486 e. The quantitative estimate of drug-likeness (QED) is 0.334. The molecule has 2 amide bonds. The molecule has 4 heterocycles. The minimum atomic E-state index is -1.47. The first kappa shape index (κ1) is 32.1. The van der Waals surface area contributed by atoms with Crippen LogP contribution < -0.4 is 20.7 Å². The van der Waals surface area contributed by atoms with E-state index in [-0.39, 0.29) is 43.2 Å².